The minimum atomic E-state index is 1.13. The normalized spacial score (nSPS) is 14.3. The molecule has 0 aliphatic carbocycles. The molecule has 1 aliphatic heterocycles. The zero-order chi connectivity index (χ0) is 10.3. The summed E-state index contributed by atoms with van der Waals surface area (Å²) in [7, 11) is 2.16. The summed E-state index contributed by atoms with van der Waals surface area (Å²) >= 11 is 0. The van der Waals surface area contributed by atoms with Gasteiger partial charge in [-0.05, 0) is 30.2 Å². The van der Waals surface area contributed by atoms with Gasteiger partial charge in [-0.15, -0.1) is 0 Å². The summed E-state index contributed by atoms with van der Waals surface area (Å²) in [6, 6.07) is 10.7. The number of nitrogens with one attached hydrogen (secondary N) is 1. The van der Waals surface area contributed by atoms with Crippen molar-refractivity contribution >= 4 is 5.69 Å². The molecule has 2 aromatic rings. The molecule has 0 spiro atoms. The van der Waals surface area contributed by atoms with Crippen LogP contribution in [0.15, 0.2) is 36.5 Å². The Balaban J connectivity index is 2.18. The number of H-pyrrole nitrogens is 1. The van der Waals surface area contributed by atoms with Crippen molar-refractivity contribution in [1.82, 2.24) is 4.98 Å². The number of likely N-dealkylation sites (N-methyl/N-ethyl adjacent to an activating group) is 1. The number of fused-ring (bicyclic) bond motifs is 1. The average Bonchev–Trinajstić information content (AvgIpc) is 2.88. The summed E-state index contributed by atoms with van der Waals surface area (Å²) in [5, 5.41) is 0. The Morgan fingerprint density at radius 2 is 2.13 bits per heavy atom. The quantitative estimate of drug-likeness (QED) is 0.746. The van der Waals surface area contributed by atoms with Crippen LogP contribution in [-0.2, 0) is 6.42 Å². The summed E-state index contributed by atoms with van der Waals surface area (Å²) in [5.74, 6) is 0. The Labute approximate surface area is 89.5 Å². The monoisotopic (exact) mass is 198 g/mol. The highest BCUT2D eigenvalue weighted by Crippen LogP contribution is 2.34. The Hall–Kier alpha value is -1.70. The topological polar surface area (TPSA) is 19.0 Å². The zero-order valence-electron chi connectivity index (χ0n) is 8.83. The van der Waals surface area contributed by atoms with Gasteiger partial charge in [0.25, 0.3) is 0 Å². The molecule has 3 rings (SSSR count). The number of aromatic amines is 1. The van der Waals surface area contributed by atoms with Crippen molar-refractivity contribution in [1.29, 1.82) is 0 Å². The molecule has 1 aromatic carbocycles. The van der Waals surface area contributed by atoms with Gasteiger partial charge < -0.3 is 9.88 Å². The SMILES string of the molecule is CN1CCc2c(-c3ccc[nH]3)cccc21. The van der Waals surface area contributed by atoms with Crippen LogP contribution < -0.4 is 4.90 Å². The van der Waals surface area contributed by atoms with Gasteiger partial charge in [0.2, 0.25) is 0 Å². The van der Waals surface area contributed by atoms with Gasteiger partial charge >= 0.3 is 0 Å². The van der Waals surface area contributed by atoms with E-state index in [1.165, 1.54) is 22.5 Å². The molecule has 15 heavy (non-hydrogen) atoms. The molecular weight excluding hydrogens is 184 g/mol. The zero-order valence-corrected chi connectivity index (χ0v) is 8.83. The number of anilines is 1. The minimum absolute atomic E-state index is 1.13. The minimum Gasteiger partial charge on any atom is -0.374 e. The first-order valence-corrected chi connectivity index (χ1v) is 5.33. The molecule has 2 nitrogen and oxygen atoms in total. The van der Waals surface area contributed by atoms with Crippen LogP contribution in [0.2, 0.25) is 0 Å². The smallest absolute Gasteiger partial charge is 0.0457 e. The molecule has 0 saturated heterocycles. The first kappa shape index (κ1) is 8.60. The lowest BCUT2D eigenvalue weighted by atomic mass is 10.0. The number of aromatic nitrogens is 1. The molecule has 76 valence electrons. The van der Waals surface area contributed by atoms with Crippen molar-refractivity contribution in [2.75, 3.05) is 18.5 Å². The van der Waals surface area contributed by atoms with Gasteiger partial charge in [0.1, 0.15) is 0 Å². The molecule has 0 radical (unpaired) electrons. The Bertz CT molecular complexity index is 471. The van der Waals surface area contributed by atoms with E-state index in [-0.39, 0.29) is 0 Å². The summed E-state index contributed by atoms with van der Waals surface area (Å²) in [6.45, 7) is 1.13. The molecule has 0 amide bonds. The summed E-state index contributed by atoms with van der Waals surface area (Å²) in [5.41, 5.74) is 5.42. The maximum atomic E-state index is 3.28. The highest BCUT2D eigenvalue weighted by atomic mass is 15.1. The predicted octanol–water partition coefficient (Wildman–Crippen LogP) is 2.67. The van der Waals surface area contributed by atoms with E-state index in [0.29, 0.717) is 0 Å². The maximum Gasteiger partial charge on any atom is 0.0457 e. The van der Waals surface area contributed by atoms with E-state index >= 15 is 0 Å². The van der Waals surface area contributed by atoms with Crippen molar-refractivity contribution in [3.8, 4) is 11.3 Å². The largest absolute Gasteiger partial charge is 0.374 e. The van der Waals surface area contributed by atoms with E-state index in [2.05, 4.69) is 41.2 Å². The van der Waals surface area contributed by atoms with Crippen molar-refractivity contribution < 1.29 is 0 Å². The summed E-state index contributed by atoms with van der Waals surface area (Å²) < 4.78 is 0. The van der Waals surface area contributed by atoms with Crippen LogP contribution in [0.25, 0.3) is 11.3 Å². The average molecular weight is 198 g/mol. The van der Waals surface area contributed by atoms with E-state index in [0.717, 1.165) is 13.0 Å². The Morgan fingerprint density at radius 3 is 2.93 bits per heavy atom. The van der Waals surface area contributed by atoms with Crippen LogP contribution in [-0.4, -0.2) is 18.6 Å². The van der Waals surface area contributed by atoms with Crippen LogP contribution in [0.3, 0.4) is 0 Å². The van der Waals surface area contributed by atoms with Crippen LogP contribution in [0.4, 0.5) is 5.69 Å². The van der Waals surface area contributed by atoms with Gasteiger partial charge in [-0.25, -0.2) is 0 Å². The van der Waals surface area contributed by atoms with Gasteiger partial charge in [-0.3, -0.25) is 0 Å². The molecule has 1 aromatic heterocycles. The molecule has 0 bridgehead atoms. The van der Waals surface area contributed by atoms with Crippen molar-refractivity contribution in [2.24, 2.45) is 0 Å². The van der Waals surface area contributed by atoms with Crippen LogP contribution in [0.1, 0.15) is 5.56 Å². The van der Waals surface area contributed by atoms with Crippen molar-refractivity contribution in [2.45, 2.75) is 6.42 Å². The van der Waals surface area contributed by atoms with E-state index in [1.54, 1.807) is 0 Å². The lowest BCUT2D eigenvalue weighted by Crippen LogP contribution is -2.12. The summed E-state index contributed by atoms with van der Waals surface area (Å²) in [6.07, 6.45) is 3.13. The molecule has 1 aliphatic rings. The third-order valence-electron chi connectivity index (χ3n) is 3.15. The van der Waals surface area contributed by atoms with E-state index in [1.807, 2.05) is 12.3 Å². The number of nitrogens with zero attached hydrogens (tertiary/aromatic N) is 1. The van der Waals surface area contributed by atoms with E-state index in [9.17, 15) is 0 Å². The fourth-order valence-corrected chi connectivity index (χ4v) is 2.35. The second kappa shape index (κ2) is 3.16. The van der Waals surface area contributed by atoms with Crippen LogP contribution >= 0.6 is 0 Å². The third-order valence-corrected chi connectivity index (χ3v) is 3.15. The van der Waals surface area contributed by atoms with E-state index < -0.39 is 0 Å². The second-order valence-electron chi connectivity index (χ2n) is 4.06. The van der Waals surface area contributed by atoms with Gasteiger partial charge in [0.15, 0.2) is 0 Å². The number of hydrogen-bond acceptors (Lipinski definition) is 1. The fourth-order valence-electron chi connectivity index (χ4n) is 2.35. The van der Waals surface area contributed by atoms with Crippen molar-refractivity contribution in [3.05, 3.63) is 42.1 Å². The van der Waals surface area contributed by atoms with Crippen molar-refractivity contribution in [3.63, 3.8) is 0 Å². The molecule has 0 saturated carbocycles. The first-order chi connectivity index (χ1) is 7.36. The predicted molar refractivity (Wildman–Crippen MR) is 63.2 cm³/mol. The lowest BCUT2D eigenvalue weighted by Gasteiger charge is -2.12. The highest BCUT2D eigenvalue weighted by Gasteiger charge is 2.19. The standard InChI is InChI=1S/C13H14N2/c1-15-9-7-11-10(4-2-6-13(11)15)12-5-3-8-14-12/h2-6,8,14H,7,9H2,1H3. The van der Waals surface area contributed by atoms with Gasteiger partial charge in [-0.2, -0.15) is 0 Å². The molecular formula is C13H14N2. The van der Waals surface area contributed by atoms with Gasteiger partial charge in [-0.1, -0.05) is 12.1 Å². The van der Waals surface area contributed by atoms with Crippen LogP contribution in [0, 0.1) is 0 Å². The third kappa shape index (κ3) is 1.25. The Morgan fingerprint density at radius 1 is 1.20 bits per heavy atom. The molecule has 2 heterocycles. The van der Waals surface area contributed by atoms with E-state index in [4.69, 9.17) is 0 Å². The second-order valence-corrected chi connectivity index (χ2v) is 4.06. The van der Waals surface area contributed by atoms with Crippen LogP contribution in [0.5, 0.6) is 0 Å². The highest BCUT2D eigenvalue weighted by molar-refractivity contribution is 5.74. The number of hydrogen-bond donors (Lipinski definition) is 1. The molecule has 1 N–H and O–H groups in total. The Kier molecular flexibility index (Phi) is 1.81. The summed E-state index contributed by atoms with van der Waals surface area (Å²) in [4.78, 5) is 5.60. The maximum absolute atomic E-state index is 3.28. The molecule has 0 fully saturated rings. The first-order valence-electron chi connectivity index (χ1n) is 5.33. The van der Waals surface area contributed by atoms with Gasteiger partial charge in [0.05, 0.1) is 0 Å². The molecule has 0 unspecified atom stereocenters. The molecule has 0 atom stereocenters. The number of benzene rings is 1. The fraction of sp³-hybridized carbons (Fsp3) is 0.231. The lowest BCUT2D eigenvalue weighted by molar-refractivity contribution is 0.956. The molecule has 2 heteroatoms. The number of rotatable bonds is 1. The van der Waals surface area contributed by atoms with Gasteiger partial charge in [0, 0.05) is 36.7 Å².